The largest absolute Gasteiger partial charge is 0.484 e. The predicted molar refractivity (Wildman–Crippen MR) is 102 cm³/mol. The number of nitrogens with zero attached hydrogens (tertiary/aromatic N) is 2. The van der Waals surface area contributed by atoms with Crippen molar-refractivity contribution in [2.24, 2.45) is 0 Å². The van der Waals surface area contributed by atoms with E-state index < -0.39 is 0 Å². The second kappa shape index (κ2) is 8.26. The van der Waals surface area contributed by atoms with E-state index in [1.165, 1.54) is 5.56 Å². The summed E-state index contributed by atoms with van der Waals surface area (Å²) in [5.41, 5.74) is 2.31. The first-order valence-electron chi connectivity index (χ1n) is 8.65. The molecule has 0 aliphatic carbocycles. The normalized spacial score (nSPS) is 14.5. The first-order valence-corrected chi connectivity index (χ1v) is 9.03. The van der Waals surface area contributed by atoms with Gasteiger partial charge in [-0.25, -0.2) is 0 Å². The molecule has 0 saturated carbocycles. The van der Waals surface area contributed by atoms with E-state index in [0.29, 0.717) is 13.1 Å². The van der Waals surface area contributed by atoms with Crippen LogP contribution in [0.25, 0.3) is 0 Å². The van der Waals surface area contributed by atoms with Gasteiger partial charge >= 0.3 is 0 Å². The Balaban J connectivity index is 1.49. The topological polar surface area (TPSA) is 32.8 Å². The Morgan fingerprint density at radius 3 is 2.56 bits per heavy atom. The van der Waals surface area contributed by atoms with Crippen LogP contribution in [0.15, 0.2) is 48.5 Å². The number of ether oxygens (including phenoxy) is 1. The maximum atomic E-state index is 12.4. The Labute approximate surface area is 154 Å². The van der Waals surface area contributed by atoms with Crippen molar-refractivity contribution in [3.63, 3.8) is 0 Å². The third kappa shape index (κ3) is 4.67. The van der Waals surface area contributed by atoms with Crippen molar-refractivity contribution < 1.29 is 9.53 Å². The smallest absolute Gasteiger partial charge is 0.260 e. The third-order valence-corrected chi connectivity index (χ3v) is 4.71. The summed E-state index contributed by atoms with van der Waals surface area (Å²) in [7, 11) is 0. The van der Waals surface area contributed by atoms with E-state index in [2.05, 4.69) is 17.9 Å². The number of benzene rings is 2. The Hall–Kier alpha value is -2.20. The number of aryl methyl sites for hydroxylation is 1. The first-order chi connectivity index (χ1) is 12.2. The van der Waals surface area contributed by atoms with E-state index >= 15 is 0 Å². The van der Waals surface area contributed by atoms with Crippen LogP contribution in [-0.4, -0.2) is 43.6 Å². The van der Waals surface area contributed by atoms with Gasteiger partial charge in [-0.15, -0.1) is 0 Å². The third-order valence-electron chi connectivity index (χ3n) is 4.47. The van der Waals surface area contributed by atoms with Crippen molar-refractivity contribution in [2.45, 2.75) is 13.3 Å². The summed E-state index contributed by atoms with van der Waals surface area (Å²) < 4.78 is 5.67. The predicted octanol–water partition coefficient (Wildman–Crippen LogP) is 3.63. The lowest BCUT2D eigenvalue weighted by Crippen LogP contribution is -2.50. The second-order valence-corrected chi connectivity index (χ2v) is 6.57. The van der Waals surface area contributed by atoms with Crippen molar-refractivity contribution in [1.82, 2.24) is 4.90 Å². The van der Waals surface area contributed by atoms with E-state index in [0.717, 1.165) is 36.0 Å². The Morgan fingerprint density at radius 1 is 1.08 bits per heavy atom. The molecule has 0 N–H and O–H groups in total. The molecule has 2 aromatic carbocycles. The molecular formula is C20H23ClN2O2. The van der Waals surface area contributed by atoms with Gasteiger partial charge in [0.1, 0.15) is 5.75 Å². The van der Waals surface area contributed by atoms with Crippen LogP contribution in [0.2, 0.25) is 5.02 Å². The highest BCUT2D eigenvalue weighted by molar-refractivity contribution is 6.30. The van der Waals surface area contributed by atoms with Crippen LogP contribution < -0.4 is 9.64 Å². The summed E-state index contributed by atoms with van der Waals surface area (Å²) >= 11 is 6.06. The maximum Gasteiger partial charge on any atom is 0.260 e. The van der Waals surface area contributed by atoms with Gasteiger partial charge in [0.15, 0.2) is 6.61 Å². The molecule has 0 spiro atoms. The SMILES string of the molecule is CCc1cccc(OCC(=O)N2CCN(c3cccc(Cl)c3)CC2)c1. The zero-order valence-corrected chi connectivity index (χ0v) is 15.2. The van der Waals surface area contributed by atoms with Gasteiger partial charge in [0.25, 0.3) is 5.91 Å². The molecule has 1 heterocycles. The summed E-state index contributed by atoms with van der Waals surface area (Å²) in [6.07, 6.45) is 0.955. The van der Waals surface area contributed by atoms with Crippen molar-refractivity contribution in [2.75, 3.05) is 37.7 Å². The number of carbonyl (C=O) groups excluding carboxylic acids is 1. The van der Waals surface area contributed by atoms with E-state index in [-0.39, 0.29) is 12.5 Å². The minimum atomic E-state index is 0.0349. The second-order valence-electron chi connectivity index (χ2n) is 6.14. The summed E-state index contributed by atoms with van der Waals surface area (Å²) in [5.74, 6) is 0.790. The highest BCUT2D eigenvalue weighted by Gasteiger charge is 2.21. The number of rotatable bonds is 5. The fourth-order valence-electron chi connectivity index (χ4n) is 2.98. The standard InChI is InChI=1S/C20H23ClN2O2/c1-2-16-5-3-8-19(13-16)25-15-20(24)23-11-9-22(10-12-23)18-7-4-6-17(21)14-18/h3-8,13-14H,2,9-12,15H2,1H3. The van der Waals surface area contributed by atoms with Crippen LogP contribution >= 0.6 is 11.6 Å². The van der Waals surface area contributed by atoms with Crippen molar-refractivity contribution >= 4 is 23.2 Å². The van der Waals surface area contributed by atoms with E-state index in [4.69, 9.17) is 16.3 Å². The molecule has 0 unspecified atom stereocenters. The molecule has 4 nitrogen and oxygen atoms in total. The first kappa shape index (κ1) is 17.6. The quantitative estimate of drug-likeness (QED) is 0.818. The van der Waals surface area contributed by atoms with Gasteiger partial charge in [0, 0.05) is 36.9 Å². The van der Waals surface area contributed by atoms with Crippen LogP contribution in [-0.2, 0) is 11.2 Å². The zero-order chi connectivity index (χ0) is 17.6. The van der Waals surface area contributed by atoms with Crippen LogP contribution in [0.1, 0.15) is 12.5 Å². The molecule has 0 bridgehead atoms. The highest BCUT2D eigenvalue weighted by atomic mass is 35.5. The lowest BCUT2D eigenvalue weighted by molar-refractivity contribution is -0.133. The molecule has 1 amide bonds. The van der Waals surface area contributed by atoms with Gasteiger partial charge in [0.2, 0.25) is 0 Å². The summed E-state index contributed by atoms with van der Waals surface area (Å²) in [4.78, 5) is 16.5. The molecule has 0 radical (unpaired) electrons. The number of hydrogen-bond acceptors (Lipinski definition) is 3. The molecule has 5 heteroatoms. The van der Waals surface area contributed by atoms with Crippen LogP contribution in [0.4, 0.5) is 5.69 Å². The molecule has 25 heavy (non-hydrogen) atoms. The Kier molecular flexibility index (Phi) is 5.82. The van der Waals surface area contributed by atoms with Crippen LogP contribution in [0.3, 0.4) is 0 Å². The van der Waals surface area contributed by atoms with Crippen LogP contribution in [0.5, 0.6) is 5.75 Å². The van der Waals surface area contributed by atoms with Crippen molar-refractivity contribution in [3.8, 4) is 5.75 Å². The fraction of sp³-hybridized carbons (Fsp3) is 0.350. The number of amides is 1. The molecule has 1 aliphatic heterocycles. The number of piperazine rings is 1. The molecule has 1 aliphatic rings. The fourth-order valence-corrected chi connectivity index (χ4v) is 3.16. The molecule has 3 rings (SSSR count). The van der Waals surface area contributed by atoms with Crippen molar-refractivity contribution in [1.29, 1.82) is 0 Å². The monoisotopic (exact) mass is 358 g/mol. The van der Waals surface area contributed by atoms with E-state index in [1.54, 1.807) is 0 Å². The van der Waals surface area contributed by atoms with E-state index in [9.17, 15) is 4.79 Å². The molecule has 1 saturated heterocycles. The number of hydrogen-bond donors (Lipinski definition) is 0. The molecule has 1 fully saturated rings. The maximum absolute atomic E-state index is 12.4. The lowest BCUT2D eigenvalue weighted by atomic mass is 10.2. The van der Waals surface area contributed by atoms with Gasteiger partial charge in [0.05, 0.1) is 0 Å². The number of carbonyl (C=O) groups is 1. The minimum absolute atomic E-state index is 0.0349. The number of anilines is 1. The molecule has 0 aromatic heterocycles. The van der Waals surface area contributed by atoms with Gasteiger partial charge < -0.3 is 14.5 Å². The number of halogens is 1. The Bertz CT molecular complexity index is 727. The summed E-state index contributed by atoms with van der Waals surface area (Å²) in [6.45, 7) is 5.19. The zero-order valence-electron chi connectivity index (χ0n) is 14.5. The van der Waals surface area contributed by atoms with E-state index in [1.807, 2.05) is 47.4 Å². The lowest BCUT2D eigenvalue weighted by Gasteiger charge is -2.36. The highest BCUT2D eigenvalue weighted by Crippen LogP contribution is 2.21. The van der Waals surface area contributed by atoms with Gasteiger partial charge in [-0.2, -0.15) is 0 Å². The molecular weight excluding hydrogens is 336 g/mol. The van der Waals surface area contributed by atoms with Crippen LogP contribution in [0, 0.1) is 0 Å². The Morgan fingerprint density at radius 2 is 1.84 bits per heavy atom. The van der Waals surface area contributed by atoms with Gasteiger partial charge in [-0.05, 0) is 42.3 Å². The molecule has 132 valence electrons. The average molecular weight is 359 g/mol. The van der Waals surface area contributed by atoms with Gasteiger partial charge in [-0.1, -0.05) is 36.7 Å². The molecule has 0 atom stereocenters. The minimum Gasteiger partial charge on any atom is -0.484 e. The summed E-state index contributed by atoms with van der Waals surface area (Å²) in [6, 6.07) is 15.7. The average Bonchev–Trinajstić information content (AvgIpc) is 2.66. The van der Waals surface area contributed by atoms with Crippen molar-refractivity contribution in [3.05, 3.63) is 59.1 Å². The summed E-state index contributed by atoms with van der Waals surface area (Å²) in [5, 5.41) is 0.735. The van der Waals surface area contributed by atoms with Gasteiger partial charge in [-0.3, -0.25) is 4.79 Å². The molecule has 2 aromatic rings.